The quantitative estimate of drug-likeness (QED) is 0.824. The molecule has 1 aromatic carbocycles. The molecule has 1 aliphatic heterocycles. The van der Waals surface area contributed by atoms with Crippen LogP contribution in [-0.2, 0) is 4.74 Å². The molecule has 1 saturated heterocycles. The summed E-state index contributed by atoms with van der Waals surface area (Å²) in [6.07, 6.45) is 0.177. The first-order chi connectivity index (χ1) is 9.56. The van der Waals surface area contributed by atoms with Crippen LogP contribution in [0, 0.1) is 0 Å². The first kappa shape index (κ1) is 15.3. The fourth-order valence-corrected chi connectivity index (χ4v) is 2.45. The van der Waals surface area contributed by atoms with Crippen molar-refractivity contribution in [1.82, 2.24) is 4.90 Å². The number of ether oxygens (including phenoxy) is 2. The largest absolute Gasteiger partial charge is 0.491 e. The molecular weight excluding hydrogens is 250 g/mol. The van der Waals surface area contributed by atoms with Crippen LogP contribution in [0.25, 0.3) is 0 Å². The Labute approximate surface area is 122 Å². The Morgan fingerprint density at radius 1 is 1.20 bits per heavy atom. The van der Waals surface area contributed by atoms with E-state index < -0.39 is 0 Å². The van der Waals surface area contributed by atoms with Gasteiger partial charge in [-0.3, -0.25) is 4.90 Å². The summed E-state index contributed by atoms with van der Waals surface area (Å²) < 4.78 is 11.6. The minimum absolute atomic E-state index is 0.177. The van der Waals surface area contributed by atoms with Crippen molar-refractivity contribution in [2.45, 2.75) is 45.8 Å². The van der Waals surface area contributed by atoms with Gasteiger partial charge in [0.05, 0.1) is 6.61 Å². The fraction of sp³-hybridized carbons (Fsp3) is 0.647. The average molecular weight is 277 g/mol. The van der Waals surface area contributed by atoms with Crippen molar-refractivity contribution in [3.8, 4) is 5.75 Å². The molecular formula is C17H27NO2. The molecule has 1 atom stereocenters. The molecule has 3 heteroatoms. The second-order valence-electron chi connectivity index (χ2n) is 6.12. The number of nitrogens with zero attached hydrogens (tertiary/aromatic N) is 1. The van der Waals surface area contributed by atoms with Crippen LogP contribution in [0.15, 0.2) is 24.3 Å². The molecule has 0 aromatic heterocycles. The Hall–Kier alpha value is -1.06. The van der Waals surface area contributed by atoms with Gasteiger partial charge in [0.25, 0.3) is 0 Å². The van der Waals surface area contributed by atoms with Crippen molar-refractivity contribution in [2.24, 2.45) is 0 Å². The van der Waals surface area contributed by atoms with Gasteiger partial charge in [-0.05, 0) is 37.5 Å². The summed E-state index contributed by atoms with van der Waals surface area (Å²) in [5, 5.41) is 0. The Kier molecular flexibility index (Phi) is 5.44. The van der Waals surface area contributed by atoms with E-state index >= 15 is 0 Å². The fourth-order valence-electron chi connectivity index (χ4n) is 2.45. The van der Waals surface area contributed by atoms with E-state index in [2.05, 4.69) is 56.9 Å². The average Bonchev–Trinajstić information content (AvgIpc) is 2.46. The van der Waals surface area contributed by atoms with Gasteiger partial charge in [0.2, 0.25) is 0 Å². The predicted molar refractivity (Wildman–Crippen MR) is 82.5 cm³/mol. The van der Waals surface area contributed by atoms with E-state index in [1.807, 2.05) is 0 Å². The van der Waals surface area contributed by atoms with Gasteiger partial charge in [0, 0.05) is 19.1 Å². The van der Waals surface area contributed by atoms with Gasteiger partial charge in [-0.1, -0.05) is 26.0 Å². The number of hydrogen-bond donors (Lipinski definition) is 0. The van der Waals surface area contributed by atoms with Gasteiger partial charge >= 0.3 is 0 Å². The lowest BCUT2D eigenvalue weighted by molar-refractivity contribution is -0.0564. The van der Waals surface area contributed by atoms with Crippen molar-refractivity contribution in [3.05, 3.63) is 29.8 Å². The molecule has 1 aromatic rings. The SMILES string of the molecule is CC(C)c1ccc(OCC2CN(C(C)C)CCO2)cc1. The molecule has 0 saturated carbocycles. The Balaban J connectivity index is 1.82. The summed E-state index contributed by atoms with van der Waals surface area (Å²) in [5.41, 5.74) is 1.34. The standard InChI is InChI=1S/C17H27NO2/c1-13(2)15-5-7-16(8-6-15)20-12-17-11-18(14(3)4)9-10-19-17/h5-8,13-14,17H,9-12H2,1-4H3. The Morgan fingerprint density at radius 2 is 1.90 bits per heavy atom. The highest BCUT2D eigenvalue weighted by Gasteiger charge is 2.22. The minimum Gasteiger partial charge on any atom is -0.491 e. The first-order valence-corrected chi connectivity index (χ1v) is 7.64. The number of morpholine rings is 1. The van der Waals surface area contributed by atoms with Gasteiger partial charge in [0.1, 0.15) is 18.5 Å². The van der Waals surface area contributed by atoms with E-state index in [1.165, 1.54) is 5.56 Å². The molecule has 0 spiro atoms. The monoisotopic (exact) mass is 277 g/mol. The van der Waals surface area contributed by atoms with E-state index in [0.29, 0.717) is 18.6 Å². The third kappa shape index (κ3) is 4.22. The third-order valence-corrected chi connectivity index (χ3v) is 3.88. The van der Waals surface area contributed by atoms with Gasteiger partial charge < -0.3 is 9.47 Å². The number of benzene rings is 1. The lowest BCUT2D eigenvalue weighted by atomic mass is 10.0. The summed E-state index contributed by atoms with van der Waals surface area (Å²) in [6.45, 7) is 12.3. The van der Waals surface area contributed by atoms with Crippen LogP contribution >= 0.6 is 0 Å². The molecule has 0 radical (unpaired) electrons. The van der Waals surface area contributed by atoms with Gasteiger partial charge in [-0.25, -0.2) is 0 Å². The zero-order valence-corrected chi connectivity index (χ0v) is 13.1. The van der Waals surface area contributed by atoms with Crippen molar-refractivity contribution in [2.75, 3.05) is 26.3 Å². The second kappa shape index (κ2) is 7.09. The van der Waals surface area contributed by atoms with E-state index in [-0.39, 0.29) is 6.10 Å². The molecule has 0 aliphatic carbocycles. The normalized spacial score (nSPS) is 20.6. The van der Waals surface area contributed by atoms with Crippen LogP contribution < -0.4 is 4.74 Å². The lowest BCUT2D eigenvalue weighted by Gasteiger charge is -2.35. The molecule has 2 rings (SSSR count). The smallest absolute Gasteiger partial charge is 0.119 e. The van der Waals surface area contributed by atoms with Gasteiger partial charge in [-0.2, -0.15) is 0 Å². The molecule has 0 bridgehead atoms. The number of rotatable bonds is 5. The molecule has 0 N–H and O–H groups in total. The maximum atomic E-state index is 5.86. The lowest BCUT2D eigenvalue weighted by Crippen LogP contribution is -2.47. The summed E-state index contributed by atoms with van der Waals surface area (Å²) in [5.74, 6) is 1.49. The van der Waals surface area contributed by atoms with Crippen LogP contribution in [0.1, 0.15) is 39.2 Å². The molecule has 3 nitrogen and oxygen atoms in total. The maximum Gasteiger partial charge on any atom is 0.119 e. The van der Waals surface area contributed by atoms with Crippen molar-refractivity contribution in [3.63, 3.8) is 0 Å². The topological polar surface area (TPSA) is 21.7 Å². The summed E-state index contributed by atoms with van der Waals surface area (Å²) in [4.78, 5) is 2.44. The van der Waals surface area contributed by atoms with Crippen molar-refractivity contribution >= 4 is 0 Å². The molecule has 112 valence electrons. The highest BCUT2D eigenvalue weighted by atomic mass is 16.5. The summed E-state index contributed by atoms with van der Waals surface area (Å²) in [7, 11) is 0. The summed E-state index contributed by atoms with van der Waals surface area (Å²) >= 11 is 0. The molecule has 1 aliphatic rings. The van der Waals surface area contributed by atoms with Gasteiger partial charge in [0.15, 0.2) is 0 Å². The van der Waals surface area contributed by atoms with Gasteiger partial charge in [-0.15, -0.1) is 0 Å². The molecule has 1 fully saturated rings. The van der Waals surface area contributed by atoms with E-state index in [0.717, 1.165) is 25.4 Å². The van der Waals surface area contributed by atoms with Crippen molar-refractivity contribution in [1.29, 1.82) is 0 Å². The molecule has 1 unspecified atom stereocenters. The highest BCUT2D eigenvalue weighted by molar-refractivity contribution is 5.28. The van der Waals surface area contributed by atoms with E-state index in [9.17, 15) is 0 Å². The molecule has 1 heterocycles. The Bertz CT molecular complexity index is 400. The van der Waals surface area contributed by atoms with Crippen LogP contribution in [0.3, 0.4) is 0 Å². The van der Waals surface area contributed by atoms with Crippen LogP contribution in [0.2, 0.25) is 0 Å². The van der Waals surface area contributed by atoms with Crippen LogP contribution in [-0.4, -0.2) is 43.3 Å². The zero-order valence-electron chi connectivity index (χ0n) is 13.1. The predicted octanol–water partition coefficient (Wildman–Crippen LogP) is 3.30. The first-order valence-electron chi connectivity index (χ1n) is 7.64. The Morgan fingerprint density at radius 3 is 2.50 bits per heavy atom. The third-order valence-electron chi connectivity index (χ3n) is 3.88. The highest BCUT2D eigenvalue weighted by Crippen LogP contribution is 2.19. The second-order valence-corrected chi connectivity index (χ2v) is 6.12. The number of hydrogen-bond acceptors (Lipinski definition) is 3. The van der Waals surface area contributed by atoms with Crippen LogP contribution in [0.4, 0.5) is 0 Å². The molecule has 0 amide bonds. The van der Waals surface area contributed by atoms with E-state index in [4.69, 9.17) is 9.47 Å². The van der Waals surface area contributed by atoms with Crippen molar-refractivity contribution < 1.29 is 9.47 Å². The molecule has 20 heavy (non-hydrogen) atoms. The maximum absolute atomic E-state index is 5.86. The minimum atomic E-state index is 0.177. The van der Waals surface area contributed by atoms with E-state index in [1.54, 1.807) is 0 Å². The van der Waals surface area contributed by atoms with Crippen LogP contribution in [0.5, 0.6) is 5.75 Å². The zero-order chi connectivity index (χ0) is 14.5. The summed E-state index contributed by atoms with van der Waals surface area (Å²) in [6, 6.07) is 8.97.